The standard InChI is InChI=1S/C76H148O17P2/c1-5-9-13-17-20-23-25-27-29-31-33-35-36-38-40-42-44-46-48-51-55-59-63-76(81)93-72(67-87-74(79)61-57-53-50-47-45-43-41-39-37-34-32-30-28-26-24-21-18-14-10-6-2)69-91-95(84,85)89-65-70(77)64-88-94(82,83)90-68-71(66-86-73(78)60-56-52-16-12-8-4)92-75(80)62-58-54-49-22-19-15-11-7-3/h70-72,77H,5-69H2,1-4H3,(H,82,83)(H,84,85)/t70-,71+,72+/m0/s1. The van der Waals surface area contributed by atoms with Crippen LogP contribution < -0.4 is 0 Å². The number of phosphoric ester groups is 2. The van der Waals surface area contributed by atoms with Gasteiger partial charge in [-0.25, -0.2) is 9.13 Å². The van der Waals surface area contributed by atoms with E-state index < -0.39 is 97.5 Å². The van der Waals surface area contributed by atoms with E-state index in [9.17, 15) is 43.2 Å². The lowest BCUT2D eigenvalue weighted by molar-refractivity contribution is -0.161. The summed E-state index contributed by atoms with van der Waals surface area (Å²) in [5.41, 5.74) is 0. The molecule has 0 aliphatic rings. The lowest BCUT2D eigenvalue weighted by Gasteiger charge is -2.21. The molecule has 95 heavy (non-hydrogen) atoms. The molecule has 0 aromatic rings. The van der Waals surface area contributed by atoms with Crippen LogP contribution in [0.2, 0.25) is 0 Å². The summed E-state index contributed by atoms with van der Waals surface area (Å²) in [7, 11) is -9.89. The first kappa shape index (κ1) is 93.1. The summed E-state index contributed by atoms with van der Waals surface area (Å²) >= 11 is 0. The van der Waals surface area contributed by atoms with Gasteiger partial charge in [0.2, 0.25) is 0 Å². The lowest BCUT2D eigenvalue weighted by atomic mass is 10.0. The van der Waals surface area contributed by atoms with Crippen LogP contribution in [0.3, 0.4) is 0 Å². The monoisotopic (exact) mass is 1400 g/mol. The number of ether oxygens (including phenoxy) is 4. The van der Waals surface area contributed by atoms with Gasteiger partial charge in [0.05, 0.1) is 26.4 Å². The minimum absolute atomic E-state index is 0.105. The Morgan fingerprint density at radius 2 is 0.421 bits per heavy atom. The zero-order chi connectivity index (χ0) is 69.7. The highest BCUT2D eigenvalue weighted by molar-refractivity contribution is 7.47. The van der Waals surface area contributed by atoms with Crippen molar-refractivity contribution >= 4 is 39.5 Å². The normalized spacial score (nSPS) is 13.9. The van der Waals surface area contributed by atoms with Crippen molar-refractivity contribution in [2.45, 2.75) is 425 Å². The summed E-state index contributed by atoms with van der Waals surface area (Å²) in [5.74, 6) is -2.13. The Hall–Kier alpha value is -1.94. The quantitative estimate of drug-likeness (QED) is 0.0222. The first-order valence-corrected chi connectivity index (χ1v) is 42.8. The minimum atomic E-state index is -4.95. The Morgan fingerprint density at radius 1 is 0.253 bits per heavy atom. The molecule has 5 atom stereocenters. The molecule has 19 heteroatoms. The Balaban J connectivity index is 5.06. The molecular formula is C76H148O17P2. The van der Waals surface area contributed by atoms with Gasteiger partial charge in [0.1, 0.15) is 19.3 Å². The largest absolute Gasteiger partial charge is 0.472 e. The van der Waals surface area contributed by atoms with Gasteiger partial charge in [0.15, 0.2) is 12.2 Å². The van der Waals surface area contributed by atoms with Crippen LogP contribution >= 0.6 is 15.6 Å². The Bertz CT molecular complexity index is 1810. The van der Waals surface area contributed by atoms with Crippen molar-refractivity contribution in [3.8, 4) is 0 Å². The molecule has 0 aromatic carbocycles. The summed E-state index contributed by atoms with van der Waals surface area (Å²) < 4.78 is 68.1. The van der Waals surface area contributed by atoms with E-state index in [1.54, 1.807) is 0 Å². The van der Waals surface area contributed by atoms with E-state index in [0.29, 0.717) is 25.7 Å². The van der Waals surface area contributed by atoms with Crippen LogP contribution in [0.4, 0.5) is 0 Å². The summed E-state index contributed by atoms with van der Waals surface area (Å²) in [6.45, 7) is 4.85. The maximum atomic E-state index is 13.1. The second-order valence-corrected chi connectivity index (χ2v) is 30.3. The lowest BCUT2D eigenvalue weighted by Crippen LogP contribution is -2.30. The third-order valence-corrected chi connectivity index (χ3v) is 19.8. The van der Waals surface area contributed by atoms with E-state index in [2.05, 4.69) is 27.7 Å². The molecule has 0 spiro atoms. The Labute approximate surface area is 581 Å². The molecule has 0 bridgehead atoms. The molecular weight excluding hydrogens is 1250 g/mol. The summed E-state index contributed by atoms with van der Waals surface area (Å²) in [6.07, 6.45) is 61.9. The van der Waals surface area contributed by atoms with Gasteiger partial charge < -0.3 is 33.8 Å². The third kappa shape index (κ3) is 70.3. The molecule has 17 nitrogen and oxygen atoms in total. The molecule has 0 amide bonds. The van der Waals surface area contributed by atoms with E-state index in [1.807, 2.05) is 0 Å². The predicted octanol–water partition coefficient (Wildman–Crippen LogP) is 22.6. The summed E-state index contributed by atoms with van der Waals surface area (Å²) in [6, 6.07) is 0. The summed E-state index contributed by atoms with van der Waals surface area (Å²) in [4.78, 5) is 72.3. The maximum Gasteiger partial charge on any atom is 0.472 e. The van der Waals surface area contributed by atoms with Gasteiger partial charge in [-0.15, -0.1) is 0 Å². The van der Waals surface area contributed by atoms with Gasteiger partial charge >= 0.3 is 39.5 Å². The molecule has 2 unspecified atom stereocenters. The average molecular weight is 1400 g/mol. The average Bonchev–Trinajstić information content (AvgIpc) is 2.06. The van der Waals surface area contributed by atoms with Crippen LogP contribution in [-0.4, -0.2) is 96.7 Å². The number of carbonyl (C=O) groups is 4. The molecule has 564 valence electrons. The van der Waals surface area contributed by atoms with Crippen molar-refractivity contribution in [2.75, 3.05) is 39.6 Å². The van der Waals surface area contributed by atoms with Crippen molar-refractivity contribution in [1.29, 1.82) is 0 Å². The van der Waals surface area contributed by atoms with Crippen molar-refractivity contribution in [1.82, 2.24) is 0 Å². The highest BCUT2D eigenvalue weighted by atomic mass is 31.2. The first-order chi connectivity index (χ1) is 46.2. The predicted molar refractivity (Wildman–Crippen MR) is 386 cm³/mol. The number of rotatable bonds is 77. The number of hydrogen-bond acceptors (Lipinski definition) is 15. The third-order valence-electron chi connectivity index (χ3n) is 17.9. The van der Waals surface area contributed by atoms with E-state index >= 15 is 0 Å². The molecule has 0 heterocycles. The van der Waals surface area contributed by atoms with Crippen molar-refractivity contribution in [3.05, 3.63) is 0 Å². The van der Waals surface area contributed by atoms with Crippen molar-refractivity contribution in [3.63, 3.8) is 0 Å². The van der Waals surface area contributed by atoms with Crippen LogP contribution in [0.25, 0.3) is 0 Å². The maximum absolute atomic E-state index is 13.1. The number of unbranched alkanes of at least 4 members (excludes halogenated alkanes) is 51. The van der Waals surface area contributed by atoms with Crippen LogP contribution in [0, 0.1) is 0 Å². The van der Waals surface area contributed by atoms with Gasteiger partial charge in [-0.3, -0.25) is 37.3 Å². The molecule has 0 aliphatic carbocycles. The number of aliphatic hydroxyl groups is 1. The molecule has 0 radical (unpaired) electrons. The van der Waals surface area contributed by atoms with Gasteiger partial charge in [-0.1, -0.05) is 355 Å². The molecule has 0 saturated heterocycles. The second kappa shape index (κ2) is 70.5. The molecule has 0 rings (SSSR count). The number of hydrogen-bond donors (Lipinski definition) is 3. The number of esters is 4. The topological polar surface area (TPSA) is 237 Å². The first-order valence-electron chi connectivity index (χ1n) is 39.8. The minimum Gasteiger partial charge on any atom is -0.462 e. The van der Waals surface area contributed by atoms with Crippen LogP contribution in [0.1, 0.15) is 407 Å². The van der Waals surface area contributed by atoms with Crippen LogP contribution in [-0.2, 0) is 65.4 Å². The fourth-order valence-electron chi connectivity index (χ4n) is 11.8. The molecule has 3 N–H and O–H groups in total. The van der Waals surface area contributed by atoms with Gasteiger partial charge in [0, 0.05) is 25.7 Å². The highest BCUT2D eigenvalue weighted by Gasteiger charge is 2.30. The van der Waals surface area contributed by atoms with E-state index in [1.165, 1.54) is 225 Å². The van der Waals surface area contributed by atoms with Crippen molar-refractivity contribution < 1.29 is 80.2 Å². The second-order valence-electron chi connectivity index (χ2n) is 27.4. The zero-order valence-electron chi connectivity index (χ0n) is 61.6. The van der Waals surface area contributed by atoms with Gasteiger partial charge in [-0.05, 0) is 25.7 Å². The fraction of sp³-hybridized carbons (Fsp3) is 0.947. The number of carbonyl (C=O) groups excluding carboxylic acids is 4. The molecule has 0 aromatic heterocycles. The Morgan fingerprint density at radius 3 is 0.621 bits per heavy atom. The molecule has 0 aliphatic heterocycles. The SMILES string of the molecule is CCCCCCCCCCCCCCCCCCCCCCCCC(=O)O[C@H](COC(=O)CCCCCCCCCCCCCCCCCCCCCC)COP(=O)(O)OC[C@@H](O)COP(=O)(O)OC[C@@H](COC(=O)CCCCCCC)OC(=O)CCCCCCCCCC. The van der Waals surface area contributed by atoms with E-state index in [0.717, 1.165) is 103 Å². The van der Waals surface area contributed by atoms with Gasteiger partial charge in [0.25, 0.3) is 0 Å². The number of phosphoric acid groups is 2. The number of aliphatic hydroxyl groups excluding tert-OH is 1. The van der Waals surface area contributed by atoms with Crippen LogP contribution in [0.15, 0.2) is 0 Å². The Kier molecular flexibility index (Phi) is 69.1. The smallest absolute Gasteiger partial charge is 0.462 e. The molecule has 0 fully saturated rings. The molecule has 0 saturated carbocycles. The fourth-order valence-corrected chi connectivity index (χ4v) is 13.3. The summed E-state index contributed by atoms with van der Waals surface area (Å²) in [5, 5.41) is 10.6. The highest BCUT2D eigenvalue weighted by Crippen LogP contribution is 2.45. The van der Waals surface area contributed by atoms with E-state index in [4.69, 9.17) is 37.0 Å². The zero-order valence-corrected chi connectivity index (χ0v) is 63.4. The van der Waals surface area contributed by atoms with Crippen molar-refractivity contribution in [2.24, 2.45) is 0 Å². The van der Waals surface area contributed by atoms with Gasteiger partial charge in [-0.2, -0.15) is 0 Å². The van der Waals surface area contributed by atoms with E-state index in [-0.39, 0.29) is 25.7 Å². The van der Waals surface area contributed by atoms with Crippen LogP contribution in [0.5, 0.6) is 0 Å².